The summed E-state index contributed by atoms with van der Waals surface area (Å²) in [7, 11) is 0. The highest BCUT2D eigenvalue weighted by molar-refractivity contribution is 6.07. The summed E-state index contributed by atoms with van der Waals surface area (Å²) < 4.78 is 0. The van der Waals surface area contributed by atoms with Crippen molar-refractivity contribution in [2.75, 3.05) is 45.8 Å². The normalized spacial score (nSPS) is 30.6. The van der Waals surface area contributed by atoms with Crippen LogP contribution >= 0.6 is 0 Å². The van der Waals surface area contributed by atoms with E-state index >= 15 is 0 Å². The van der Waals surface area contributed by atoms with Crippen molar-refractivity contribution in [2.45, 2.75) is 45.6 Å². The van der Waals surface area contributed by atoms with Gasteiger partial charge in [-0.2, -0.15) is 0 Å². The molecule has 0 aromatic rings. The van der Waals surface area contributed by atoms with Crippen molar-refractivity contribution < 1.29 is 9.59 Å². The van der Waals surface area contributed by atoms with Gasteiger partial charge in [-0.1, -0.05) is 6.92 Å². The molecule has 3 saturated heterocycles. The number of amides is 3. The van der Waals surface area contributed by atoms with Crippen molar-refractivity contribution in [3.05, 3.63) is 0 Å². The Hall–Kier alpha value is -1.83. The Bertz CT molecular complexity index is 587. The number of guanidine groups is 1. The van der Waals surface area contributed by atoms with Crippen LogP contribution in [0.25, 0.3) is 0 Å². The second-order valence-corrected chi connectivity index (χ2v) is 8.11. The molecular formula is C19H34N6O2. The van der Waals surface area contributed by atoms with Crippen LogP contribution in [0.5, 0.6) is 0 Å². The number of carbonyl (C=O) groups is 2. The van der Waals surface area contributed by atoms with Crippen LogP contribution < -0.4 is 16.0 Å². The number of nitrogens with zero attached hydrogens (tertiary/aromatic N) is 3. The van der Waals surface area contributed by atoms with E-state index in [2.05, 4.69) is 39.6 Å². The molecule has 3 aliphatic rings. The Kier molecular flexibility index (Phi) is 6.24. The first-order valence-corrected chi connectivity index (χ1v) is 10.4. The average Bonchev–Trinajstić information content (AvgIpc) is 3.23. The van der Waals surface area contributed by atoms with Crippen molar-refractivity contribution in [3.8, 4) is 0 Å². The van der Waals surface area contributed by atoms with E-state index in [1.54, 1.807) is 0 Å². The third-order valence-electron chi connectivity index (χ3n) is 6.33. The van der Waals surface area contributed by atoms with E-state index < -0.39 is 5.54 Å². The van der Waals surface area contributed by atoms with Gasteiger partial charge < -0.3 is 20.4 Å². The predicted molar refractivity (Wildman–Crippen MR) is 106 cm³/mol. The number of hydrogen-bond donors (Lipinski definition) is 3. The molecule has 3 aliphatic heterocycles. The van der Waals surface area contributed by atoms with E-state index in [0.29, 0.717) is 5.92 Å². The number of hydrogen-bond acceptors (Lipinski definition) is 4. The number of carbonyl (C=O) groups excluding carboxylic acids is 2. The van der Waals surface area contributed by atoms with Crippen LogP contribution in [0.3, 0.4) is 0 Å². The summed E-state index contributed by atoms with van der Waals surface area (Å²) in [6, 6.07) is -0.377. The van der Waals surface area contributed by atoms with Crippen molar-refractivity contribution >= 4 is 17.9 Å². The summed E-state index contributed by atoms with van der Waals surface area (Å²) in [4.78, 5) is 33.4. The molecule has 3 fully saturated rings. The van der Waals surface area contributed by atoms with Gasteiger partial charge in [0.1, 0.15) is 5.54 Å². The second kappa shape index (κ2) is 8.46. The first kappa shape index (κ1) is 19.9. The summed E-state index contributed by atoms with van der Waals surface area (Å²) in [5.41, 5.74) is -0.786. The van der Waals surface area contributed by atoms with Gasteiger partial charge in [-0.3, -0.25) is 15.1 Å². The summed E-state index contributed by atoms with van der Waals surface area (Å²) in [6.45, 7) is 13.0. The molecule has 8 nitrogen and oxygen atoms in total. The molecular weight excluding hydrogens is 344 g/mol. The van der Waals surface area contributed by atoms with E-state index in [9.17, 15) is 9.59 Å². The first-order valence-electron chi connectivity index (χ1n) is 10.4. The first-order chi connectivity index (χ1) is 13.0. The van der Waals surface area contributed by atoms with Crippen LogP contribution in [0.2, 0.25) is 0 Å². The fraction of sp³-hybridized carbons (Fsp3) is 0.842. The van der Waals surface area contributed by atoms with Gasteiger partial charge in [-0.15, -0.1) is 0 Å². The smallest absolute Gasteiger partial charge is 0.322 e. The maximum absolute atomic E-state index is 12.2. The number of piperidine rings is 1. The van der Waals surface area contributed by atoms with Gasteiger partial charge in [0.15, 0.2) is 5.96 Å². The van der Waals surface area contributed by atoms with Gasteiger partial charge >= 0.3 is 6.03 Å². The number of urea groups is 1. The number of aliphatic imine (C=N–C) groups is 1. The minimum Gasteiger partial charge on any atom is -0.357 e. The van der Waals surface area contributed by atoms with Gasteiger partial charge in [0.2, 0.25) is 0 Å². The Morgan fingerprint density at radius 3 is 2.52 bits per heavy atom. The molecule has 0 aromatic heterocycles. The lowest BCUT2D eigenvalue weighted by Gasteiger charge is -2.39. The lowest BCUT2D eigenvalue weighted by molar-refractivity contribution is -0.125. The zero-order chi connectivity index (χ0) is 19.4. The summed E-state index contributed by atoms with van der Waals surface area (Å²) in [6.07, 6.45) is 2.95. The number of nitrogens with one attached hydrogen (secondary N) is 3. The Morgan fingerprint density at radius 2 is 1.96 bits per heavy atom. The Balaban J connectivity index is 1.56. The Labute approximate surface area is 162 Å². The quantitative estimate of drug-likeness (QED) is 0.370. The zero-order valence-electron chi connectivity index (χ0n) is 16.9. The van der Waals surface area contributed by atoms with Crippen molar-refractivity contribution in [1.82, 2.24) is 25.8 Å². The monoisotopic (exact) mass is 378 g/mol. The standard InChI is InChI=1S/C19H34N6O2/c1-4-20-17(21-12-14-6-9-24(5-2)13-14)25-10-7-15(8-11-25)19(3)16(26)22-18(27)23-19/h14-15H,4-13H2,1-3H3,(H,20,21)(H2,22,23,26,27). The van der Waals surface area contributed by atoms with Gasteiger partial charge in [0.25, 0.3) is 5.91 Å². The van der Waals surface area contributed by atoms with Crippen LogP contribution in [-0.4, -0.2) is 79.0 Å². The molecule has 0 bridgehead atoms. The highest BCUT2D eigenvalue weighted by Gasteiger charge is 2.48. The van der Waals surface area contributed by atoms with E-state index in [-0.39, 0.29) is 17.9 Å². The van der Waals surface area contributed by atoms with E-state index in [4.69, 9.17) is 4.99 Å². The highest BCUT2D eigenvalue weighted by atomic mass is 16.2. The van der Waals surface area contributed by atoms with Crippen LogP contribution in [0.4, 0.5) is 4.79 Å². The molecule has 8 heteroatoms. The molecule has 152 valence electrons. The van der Waals surface area contributed by atoms with Gasteiger partial charge in [0, 0.05) is 32.7 Å². The Morgan fingerprint density at radius 1 is 1.22 bits per heavy atom. The molecule has 0 saturated carbocycles. The molecule has 2 atom stereocenters. The largest absolute Gasteiger partial charge is 0.357 e. The summed E-state index contributed by atoms with van der Waals surface area (Å²) in [5, 5.41) is 8.62. The minimum atomic E-state index is -0.786. The maximum Gasteiger partial charge on any atom is 0.322 e. The minimum absolute atomic E-state index is 0.149. The molecule has 0 radical (unpaired) electrons. The number of imide groups is 1. The van der Waals surface area contributed by atoms with E-state index in [0.717, 1.165) is 58.1 Å². The summed E-state index contributed by atoms with van der Waals surface area (Å²) >= 11 is 0. The average molecular weight is 379 g/mol. The molecule has 3 N–H and O–H groups in total. The van der Waals surface area contributed by atoms with Gasteiger partial charge in [-0.05, 0) is 58.0 Å². The molecule has 0 spiro atoms. The van der Waals surface area contributed by atoms with Crippen LogP contribution in [0.15, 0.2) is 4.99 Å². The van der Waals surface area contributed by atoms with Crippen LogP contribution in [-0.2, 0) is 4.79 Å². The second-order valence-electron chi connectivity index (χ2n) is 8.11. The molecule has 27 heavy (non-hydrogen) atoms. The van der Waals surface area contributed by atoms with Crippen LogP contribution in [0.1, 0.15) is 40.0 Å². The molecule has 3 heterocycles. The lowest BCUT2D eigenvalue weighted by atomic mass is 9.79. The third-order valence-corrected chi connectivity index (χ3v) is 6.33. The highest BCUT2D eigenvalue weighted by Crippen LogP contribution is 2.30. The van der Waals surface area contributed by atoms with Crippen molar-refractivity contribution in [2.24, 2.45) is 16.8 Å². The fourth-order valence-corrected chi connectivity index (χ4v) is 4.50. The fourth-order valence-electron chi connectivity index (χ4n) is 4.50. The van der Waals surface area contributed by atoms with E-state index in [1.807, 2.05) is 6.92 Å². The summed E-state index contributed by atoms with van der Waals surface area (Å²) in [5.74, 6) is 1.58. The molecule has 3 rings (SSSR count). The van der Waals surface area contributed by atoms with Crippen molar-refractivity contribution in [3.63, 3.8) is 0 Å². The van der Waals surface area contributed by atoms with E-state index in [1.165, 1.54) is 13.0 Å². The topological polar surface area (TPSA) is 89.1 Å². The van der Waals surface area contributed by atoms with Gasteiger partial charge in [-0.25, -0.2) is 4.79 Å². The maximum atomic E-state index is 12.2. The molecule has 0 aromatic carbocycles. The molecule has 2 unspecified atom stereocenters. The van der Waals surface area contributed by atoms with Crippen molar-refractivity contribution in [1.29, 1.82) is 0 Å². The SMILES string of the molecule is CCNC(=NCC1CCN(CC)C1)N1CCC(C2(C)NC(=O)NC2=O)CC1. The molecule has 0 aliphatic carbocycles. The molecule has 3 amide bonds. The number of rotatable bonds is 5. The third kappa shape index (κ3) is 4.36. The van der Waals surface area contributed by atoms with Gasteiger partial charge in [0.05, 0.1) is 0 Å². The predicted octanol–water partition coefficient (Wildman–Crippen LogP) is 0.604. The zero-order valence-corrected chi connectivity index (χ0v) is 16.9. The number of likely N-dealkylation sites (tertiary alicyclic amines) is 2. The van der Waals surface area contributed by atoms with Crippen LogP contribution in [0, 0.1) is 11.8 Å². The lowest BCUT2D eigenvalue weighted by Crippen LogP contribution is -2.55.